The van der Waals surface area contributed by atoms with Crippen LogP contribution < -0.4 is 10.9 Å². The van der Waals surface area contributed by atoms with E-state index in [4.69, 9.17) is 16.6 Å². The topological polar surface area (TPSA) is 68.4 Å². The summed E-state index contributed by atoms with van der Waals surface area (Å²) in [5.41, 5.74) is 3.63. The number of nitrogens with one attached hydrogen (secondary N) is 1. The lowest BCUT2D eigenvalue weighted by Gasteiger charge is -2.12. The Labute approximate surface area is 188 Å². The highest BCUT2D eigenvalue weighted by atomic mass is 35.5. The third-order valence-electron chi connectivity index (χ3n) is 5.39. The van der Waals surface area contributed by atoms with E-state index in [0.29, 0.717) is 39.6 Å². The number of halogens is 1. The van der Waals surface area contributed by atoms with Crippen LogP contribution in [0.4, 0.5) is 5.69 Å². The number of rotatable bonds is 4. The summed E-state index contributed by atoms with van der Waals surface area (Å²) in [6.45, 7) is 2.31. The first-order valence-corrected chi connectivity index (χ1v) is 10.5. The summed E-state index contributed by atoms with van der Waals surface area (Å²) < 4.78 is 3.31. The molecule has 1 N–H and O–H groups in total. The van der Waals surface area contributed by atoms with Gasteiger partial charge >= 0.3 is 0 Å². The molecule has 0 bridgehead atoms. The molecule has 0 aliphatic carbocycles. The van der Waals surface area contributed by atoms with Crippen molar-refractivity contribution in [2.24, 2.45) is 0 Å². The molecule has 0 atom stereocenters. The Kier molecular flexibility index (Phi) is 4.99. The molecular weight excluding hydrogens is 424 g/mol. The average molecular weight is 443 g/mol. The lowest BCUT2D eigenvalue weighted by molar-refractivity contribution is 0.101. The van der Waals surface area contributed by atoms with Gasteiger partial charge in [-0.25, -0.2) is 4.98 Å². The van der Waals surface area contributed by atoms with Gasteiger partial charge < -0.3 is 9.88 Å². The molecule has 0 radical (unpaired) electrons. The highest BCUT2D eigenvalue weighted by Crippen LogP contribution is 2.22. The van der Waals surface area contributed by atoms with E-state index in [9.17, 15) is 9.59 Å². The van der Waals surface area contributed by atoms with Gasteiger partial charge in [-0.05, 0) is 48.4 Å². The molecule has 3 heterocycles. The quantitative estimate of drug-likeness (QED) is 0.430. The third-order valence-corrected chi connectivity index (χ3v) is 5.63. The molecule has 0 saturated carbocycles. The van der Waals surface area contributed by atoms with E-state index in [1.165, 1.54) is 4.40 Å². The molecule has 0 spiro atoms. The number of hydrogen-bond donors (Lipinski definition) is 1. The number of amides is 1. The Balaban J connectivity index is 1.71. The van der Waals surface area contributed by atoms with Gasteiger partial charge in [0.15, 0.2) is 0 Å². The zero-order chi connectivity index (χ0) is 22.2. The molecule has 32 heavy (non-hydrogen) atoms. The Morgan fingerprint density at radius 2 is 1.81 bits per heavy atom. The van der Waals surface area contributed by atoms with Crippen LogP contribution in [0.3, 0.4) is 0 Å². The molecule has 6 nitrogen and oxygen atoms in total. The Hall–Kier alpha value is -3.90. The average Bonchev–Trinajstić information content (AvgIpc) is 3.14. The number of anilines is 1. The molecule has 5 rings (SSSR count). The maximum atomic E-state index is 13.3. The van der Waals surface area contributed by atoms with Crippen LogP contribution in [0.15, 0.2) is 83.8 Å². The summed E-state index contributed by atoms with van der Waals surface area (Å²) in [4.78, 5) is 31.3. The molecule has 0 fully saturated rings. The lowest BCUT2D eigenvalue weighted by atomic mass is 10.2. The second-order valence-corrected chi connectivity index (χ2v) is 8.04. The zero-order valence-corrected chi connectivity index (χ0v) is 18.0. The van der Waals surface area contributed by atoms with E-state index in [1.807, 2.05) is 49.4 Å². The van der Waals surface area contributed by atoms with Crippen LogP contribution in [0.1, 0.15) is 21.6 Å². The summed E-state index contributed by atoms with van der Waals surface area (Å²) in [6, 6.07) is 22.0. The van der Waals surface area contributed by atoms with Gasteiger partial charge in [0, 0.05) is 23.5 Å². The van der Waals surface area contributed by atoms with Crippen molar-refractivity contribution in [1.82, 2.24) is 14.0 Å². The predicted molar refractivity (Wildman–Crippen MR) is 127 cm³/mol. The van der Waals surface area contributed by atoms with Crippen LogP contribution in [0, 0.1) is 6.92 Å². The molecular formula is C25H19ClN4O2. The lowest BCUT2D eigenvalue weighted by Crippen LogP contribution is -2.18. The summed E-state index contributed by atoms with van der Waals surface area (Å²) in [7, 11) is 0. The Bertz CT molecular complexity index is 1540. The number of hydrogen-bond acceptors (Lipinski definition) is 3. The molecule has 0 saturated heterocycles. The molecule has 0 aliphatic heterocycles. The van der Waals surface area contributed by atoms with E-state index < -0.39 is 0 Å². The van der Waals surface area contributed by atoms with E-state index in [0.717, 1.165) is 11.1 Å². The summed E-state index contributed by atoms with van der Waals surface area (Å²) in [5, 5.41) is 3.79. The number of aryl methyl sites for hydroxylation is 1. The largest absolute Gasteiger partial charge is 0.321 e. The second kappa shape index (κ2) is 7.98. The van der Waals surface area contributed by atoms with Crippen molar-refractivity contribution in [2.45, 2.75) is 13.5 Å². The minimum atomic E-state index is -0.341. The first-order valence-electron chi connectivity index (χ1n) is 10.1. The van der Waals surface area contributed by atoms with Crippen LogP contribution in [-0.4, -0.2) is 19.9 Å². The van der Waals surface area contributed by atoms with Crippen molar-refractivity contribution >= 4 is 39.9 Å². The van der Waals surface area contributed by atoms with Gasteiger partial charge in [-0.2, -0.15) is 0 Å². The van der Waals surface area contributed by atoms with Gasteiger partial charge in [-0.3, -0.25) is 14.0 Å². The van der Waals surface area contributed by atoms with Crippen molar-refractivity contribution in [2.75, 3.05) is 5.32 Å². The number of pyridine rings is 1. The SMILES string of the molecule is Cc1cccn2c(=O)c3cc(C(=O)Nc4cccc(Cl)c4)n(Cc4ccccc4)c3nc12. The zero-order valence-electron chi connectivity index (χ0n) is 17.2. The minimum Gasteiger partial charge on any atom is -0.321 e. The van der Waals surface area contributed by atoms with Gasteiger partial charge in [0.25, 0.3) is 11.5 Å². The fourth-order valence-corrected chi connectivity index (χ4v) is 4.03. The van der Waals surface area contributed by atoms with Crippen LogP contribution >= 0.6 is 11.6 Å². The Morgan fingerprint density at radius 3 is 2.59 bits per heavy atom. The summed E-state index contributed by atoms with van der Waals surface area (Å²) in [5.74, 6) is -0.341. The highest BCUT2D eigenvalue weighted by Gasteiger charge is 2.20. The molecule has 7 heteroatoms. The van der Waals surface area contributed by atoms with Gasteiger partial charge in [-0.15, -0.1) is 0 Å². The molecule has 3 aromatic heterocycles. The van der Waals surface area contributed by atoms with Crippen molar-refractivity contribution in [3.63, 3.8) is 0 Å². The van der Waals surface area contributed by atoms with Crippen LogP contribution in [0.25, 0.3) is 16.7 Å². The standard InChI is InChI=1S/C25H19ClN4O2/c1-16-7-6-12-29-22(16)28-23-20(25(29)32)14-21(30(23)15-17-8-3-2-4-9-17)24(31)27-19-11-5-10-18(26)13-19/h2-14H,15H2,1H3,(H,27,31). The normalized spacial score (nSPS) is 11.2. The predicted octanol–water partition coefficient (Wildman–Crippen LogP) is 4.91. The van der Waals surface area contributed by atoms with Gasteiger partial charge in [-0.1, -0.05) is 54.1 Å². The molecule has 1 amide bonds. The first-order chi connectivity index (χ1) is 15.5. The number of benzene rings is 2. The van der Waals surface area contributed by atoms with Crippen molar-refractivity contribution < 1.29 is 4.79 Å². The van der Waals surface area contributed by atoms with E-state index >= 15 is 0 Å². The fourth-order valence-electron chi connectivity index (χ4n) is 3.84. The number of aromatic nitrogens is 3. The van der Waals surface area contributed by atoms with Gasteiger partial charge in [0.2, 0.25) is 0 Å². The maximum absolute atomic E-state index is 13.3. The fraction of sp³-hybridized carbons (Fsp3) is 0.0800. The van der Waals surface area contributed by atoms with Crippen LogP contribution in [0.5, 0.6) is 0 Å². The Morgan fingerprint density at radius 1 is 1.00 bits per heavy atom. The number of fused-ring (bicyclic) bond motifs is 2. The van der Waals surface area contributed by atoms with Crippen molar-refractivity contribution in [1.29, 1.82) is 0 Å². The van der Waals surface area contributed by atoms with E-state index in [-0.39, 0.29) is 11.5 Å². The van der Waals surface area contributed by atoms with Gasteiger partial charge in [0.05, 0.1) is 5.39 Å². The van der Waals surface area contributed by atoms with Crippen molar-refractivity contribution in [3.05, 3.63) is 111 Å². The van der Waals surface area contributed by atoms with E-state index in [2.05, 4.69) is 5.32 Å². The monoisotopic (exact) mass is 442 g/mol. The molecule has 5 aromatic rings. The molecule has 0 aliphatic rings. The van der Waals surface area contributed by atoms with Crippen LogP contribution in [-0.2, 0) is 6.54 Å². The first kappa shape index (κ1) is 20.0. The minimum absolute atomic E-state index is 0.211. The molecule has 2 aromatic carbocycles. The van der Waals surface area contributed by atoms with E-state index in [1.54, 1.807) is 41.1 Å². The third kappa shape index (κ3) is 3.55. The summed E-state index contributed by atoms with van der Waals surface area (Å²) in [6.07, 6.45) is 1.69. The van der Waals surface area contributed by atoms with Crippen molar-refractivity contribution in [3.8, 4) is 0 Å². The number of carbonyl (C=O) groups is 1. The van der Waals surface area contributed by atoms with Gasteiger partial charge in [0.1, 0.15) is 17.0 Å². The molecule has 0 unspecified atom stereocenters. The highest BCUT2D eigenvalue weighted by molar-refractivity contribution is 6.31. The smallest absolute Gasteiger partial charge is 0.272 e. The number of carbonyl (C=O) groups excluding carboxylic acids is 1. The van der Waals surface area contributed by atoms with Crippen LogP contribution in [0.2, 0.25) is 5.02 Å². The number of nitrogens with zero attached hydrogens (tertiary/aromatic N) is 3. The summed E-state index contributed by atoms with van der Waals surface area (Å²) >= 11 is 6.06. The molecule has 158 valence electrons. The second-order valence-electron chi connectivity index (χ2n) is 7.60. The maximum Gasteiger partial charge on any atom is 0.272 e.